The molecule has 0 aliphatic rings. The van der Waals surface area contributed by atoms with E-state index in [1.54, 1.807) is 6.92 Å². The standard InChI is InChI=1S/C14H17BrO3/c1-4-18-13(17)8-11-7-9(2)5-6-12(11)14(15)10(3)16/h5-7,14H,4,8H2,1-3H3. The maximum absolute atomic E-state index is 11.5. The number of aryl methyl sites for hydroxylation is 1. The lowest BCUT2D eigenvalue weighted by Gasteiger charge is -2.13. The lowest BCUT2D eigenvalue weighted by atomic mass is 9.98. The van der Waals surface area contributed by atoms with Crippen molar-refractivity contribution in [2.45, 2.75) is 32.0 Å². The maximum Gasteiger partial charge on any atom is 0.310 e. The largest absolute Gasteiger partial charge is 0.466 e. The van der Waals surface area contributed by atoms with Gasteiger partial charge in [-0.05, 0) is 31.9 Å². The van der Waals surface area contributed by atoms with Gasteiger partial charge in [-0.2, -0.15) is 0 Å². The van der Waals surface area contributed by atoms with E-state index in [-0.39, 0.29) is 23.0 Å². The Labute approximate surface area is 116 Å². The zero-order valence-corrected chi connectivity index (χ0v) is 12.4. The van der Waals surface area contributed by atoms with Gasteiger partial charge >= 0.3 is 5.97 Å². The maximum atomic E-state index is 11.5. The molecule has 1 unspecified atom stereocenters. The number of Topliss-reactive ketones (excluding diaryl/α,β-unsaturated/α-hetero) is 1. The Hall–Kier alpha value is -1.16. The van der Waals surface area contributed by atoms with E-state index in [0.29, 0.717) is 6.61 Å². The van der Waals surface area contributed by atoms with E-state index in [1.807, 2.05) is 25.1 Å². The minimum atomic E-state index is -0.373. The van der Waals surface area contributed by atoms with Crippen LogP contribution in [-0.2, 0) is 20.7 Å². The highest BCUT2D eigenvalue weighted by Crippen LogP contribution is 2.28. The van der Waals surface area contributed by atoms with Crippen LogP contribution in [0.3, 0.4) is 0 Å². The van der Waals surface area contributed by atoms with E-state index in [0.717, 1.165) is 16.7 Å². The Morgan fingerprint density at radius 3 is 2.61 bits per heavy atom. The molecule has 0 fully saturated rings. The van der Waals surface area contributed by atoms with Crippen molar-refractivity contribution in [3.05, 3.63) is 34.9 Å². The molecule has 18 heavy (non-hydrogen) atoms. The number of esters is 1. The van der Waals surface area contributed by atoms with Gasteiger partial charge in [0.1, 0.15) is 5.78 Å². The lowest BCUT2D eigenvalue weighted by Crippen LogP contribution is -2.12. The van der Waals surface area contributed by atoms with E-state index < -0.39 is 0 Å². The Bertz CT molecular complexity index is 454. The molecule has 1 atom stereocenters. The van der Waals surface area contributed by atoms with Crippen LogP contribution >= 0.6 is 15.9 Å². The Kier molecular flexibility index (Phi) is 5.54. The van der Waals surface area contributed by atoms with E-state index in [2.05, 4.69) is 15.9 Å². The number of ketones is 1. The van der Waals surface area contributed by atoms with Gasteiger partial charge in [0.2, 0.25) is 0 Å². The molecule has 0 N–H and O–H groups in total. The summed E-state index contributed by atoms with van der Waals surface area (Å²) in [5.41, 5.74) is 2.73. The first-order valence-electron chi connectivity index (χ1n) is 5.85. The molecule has 3 nitrogen and oxygen atoms in total. The minimum Gasteiger partial charge on any atom is -0.466 e. The molecule has 0 amide bonds. The minimum absolute atomic E-state index is 0.0176. The molecule has 4 heteroatoms. The second-order valence-electron chi connectivity index (χ2n) is 4.16. The third-order valence-electron chi connectivity index (χ3n) is 2.57. The molecule has 1 aromatic carbocycles. The third kappa shape index (κ3) is 3.95. The summed E-state index contributed by atoms with van der Waals surface area (Å²) in [5, 5.41) is 0. The quantitative estimate of drug-likeness (QED) is 0.619. The molecule has 98 valence electrons. The Balaban J connectivity index is 3.04. The SMILES string of the molecule is CCOC(=O)Cc1cc(C)ccc1C(Br)C(C)=O. The van der Waals surface area contributed by atoms with Crippen LogP contribution in [0.2, 0.25) is 0 Å². The van der Waals surface area contributed by atoms with Gasteiger partial charge < -0.3 is 4.74 Å². The number of carbonyl (C=O) groups is 2. The van der Waals surface area contributed by atoms with Gasteiger partial charge in [0.25, 0.3) is 0 Å². The van der Waals surface area contributed by atoms with Gasteiger partial charge in [-0.1, -0.05) is 39.7 Å². The second kappa shape index (κ2) is 6.69. The molecule has 1 rings (SSSR count). The van der Waals surface area contributed by atoms with Crippen LogP contribution in [0.4, 0.5) is 0 Å². The number of ether oxygens (including phenoxy) is 1. The van der Waals surface area contributed by atoms with Crippen LogP contribution in [0.25, 0.3) is 0 Å². The molecule has 0 saturated heterocycles. The van der Waals surface area contributed by atoms with E-state index >= 15 is 0 Å². The van der Waals surface area contributed by atoms with Crippen molar-refractivity contribution in [3.8, 4) is 0 Å². The van der Waals surface area contributed by atoms with Crippen LogP contribution in [-0.4, -0.2) is 18.4 Å². The molecule has 0 aliphatic carbocycles. The van der Waals surface area contributed by atoms with Crippen LogP contribution in [0.15, 0.2) is 18.2 Å². The zero-order chi connectivity index (χ0) is 13.7. The zero-order valence-electron chi connectivity index (χ0n) is 10.8. The average Bonchev–Trinajstić information content (AvgIpc) is 2.28. The molecule has 0 aromatic heterocycles. The summed E-state index contributed by atoms with van der Waals surface area (Å²) in [6, 6.07) is 5.73. The first-order valence-corrected chi connectivity index (χ1v) is 6.76. The highest BCUT2D eigenvalue weighted by atomic mass is 79.9. The topological polar surface area (TPSA) is 43.4 Å². The first-order chi connectivity index (χ1) is 8.45. The highest BCUT2D eigenvalue weighted by molar-refractivity contribution is 9.09. The van der Waals surface area contributed by atoms with Gasteiger partial charge in [0.05, 0.1) is 17.9 Å². The monoisotopic (exact) mass is 312 g/mol. The molecule has 0 saturated carbocycles. The summed E-state index contributed by atoms with van der Waals surface area (Å²) in [6.45, 7) is 5.62. The van der Waals surface area contributed by atoms with Gasteiger partial charge in [-0.15, -0.1) is 0 Å². The lowest BCUT2D eigenvalue weighted by molar-refractivity contribution is -0.142. The summed E-state index contributed by atoms with van der Waals surface area (Å²) in [7, 11) is 0. The second-order valence-corrected chi connectivity index (χ2v) is 5.07. The van der Waals surface area contributed by atoms with Crippen LogP contribution in [0, 0.1) is 6.92 Å². The van der Waals surface area contributed by atoms with Crippen molar-refractivity contribution in [2.75, 3.05) is 6.61 Å². The third-order valence-corrected chi connectivity index (χ3v) is 3.71. The van der Waals surface area contributed by atoms with Gasteiger partial charge in [-0.25, -0.2) is 0 Å². The van der Waals surface area contributed by atoms with Crippen LogP contribution in [0.5, 0.6) is 0 Å². The molecule has 0 radical (unpaired) electrons. The molecule has 0 spiro atoms. The van der Waals surface area contributed by atoms with E-state index in [1.165, 1.54) is 6.92 Å². The molecular weight excluding hydrogens is 296 g/mol. The number of hydrogen-bond acceptors (Lipinski definition) is 3. The van der Waals surface area contributed by atoms with Crippen LogP contribution < -0.4 is 0 Å². The molecule has 0 aliphatic heterocycles. The summed E-state index contributed by atoms with van der Waals surface area (Å²) < 4.78 is 4.94. The van der Waals surface area contributed by atoms with Gasteiger partial charge in [0, 0.05) is 0 Å². The van der Waals surface area contributed by atoms with Gasteiger partial charge in [-0.3, -0.25) is 9.59 Å². The van der Waals surface area contributed by atoms with Crippen molar-refractivity contribution >= 4 is 27.7 Å². The van der Waals surface area contributed by atoms with Crippen molar-refractivity contribution in [2.24, 2.45) is 0 Å². The van der Waals surface area contributed by atoms with Crippen molar-refractivity contribution in [3.63, 3.8) is 0 Å². The molecule has 0 bridgehead atoms. The fraction of sp³-hybridized carbons (Fsp3) is 0.429. The number of alkyl halides is 1. The number of hydrogen-bond donors (Lipinski definition) is 0. The van der Waals surface area contributed by atoms with Crippen LogP contribution in [0.1, 0.15) is 35.4 Å². The van der Waals surface area contributed by atoms with E-state index in [9.17, 15) is 9.59 Å². The summed E-state index contributed by atoms with van der Waals surface area (Å²) in [4.78, 5) is 22.6. The highest BCUT2D eigenvalue weighted by Gasteiger charge is 2.18. The predicted octanol–water partition coefficient (Wildman–Crippen LogP) is 3.13. The molecule has 1 aromatic rings. The fourth-order valence-corrected chi connectivity index (χ4v) is 2.17. The Morgan fingerprint density at radius 2 is 2.06 bits per heavy atom. The molecular formula is C14H17BrO3. The average molecular weight is 313 g/mol. The predicted molar refractivity (Wildman–Crippen MR) is 73.9 cm³/mol. The van der Waals surface area contributed by atoms with E-state index in [4.69, 9.17) is 4.74 Å². The smallest absolute Gasteiger partial charge is 0.310 e. The summed E-state index contributed by atoms with van der Waals surface area (Å²) in [5.74, 6) is -0.253. The number of benzene rings is 1. The number of halogens is 1. The van der Waals surface area contributed by atoms with Crippen molar-refractivity contribution in [1.82, 2.24) is 0 Å². The summed E-state index contributed by atoms with van der Waals surface area (Å²) in [6.07, 6.45) is 0.195. The first kappa shape index (κ1) is 14.9. The fourth-order valence-electron chi connectivity index (χ4n) is 1.72. The number of rotatable bonds is 5. The molecule has 0 heterocycles. The van der Waals surface area contributed by atoms with Crippen molar-refractivity contribution in [1.29, 1.82) is 0 Å². The Morgan fingerprint density at radius 1 is 1.39 bits per heavy atom. The normalized spacial score (nSPS) is 12.0. The van der Waals surface area contributed by atoms with Gasteiger partial charge in [0.15, 0.2) is 0 Å². The van der Waals surface area contributed by atoms with Crippen molar-refractivity contribution < 1.29 is 14.3 Å². The summed E-state index contributed by atoms with van der Waals surface area (Å²) >= 11 is 3.35. The number of carbonyl (C=O) groups excluding carboxylic acids is 2.